The van der Waals surface area contributed by atoms with Crippen LogP contribution in [-0.2, 0) is 4.79 Å². The number of nitrogens with one attached hydrogen (secondary N) is 1. The quantitative estimate of drug-likeness (QED) is 0.891. The predicted molar refractivity (Wildman–Crippen MR) is 90.7 cm³/mol. The molecule has 1 aromatic rings. The highest BCUT2D eigenvalue weighted by atomic mass is 16.2. The first-order valence-electron chi connectivity index (χ1n) is 8.83. The molecule has 2 fully saturated rings. The van der Waals surface area contributed by atoms with Crippen molar-refractivity contribution < 1.29 is 9.59 Å². The van der Waals surface area contributed by atoms with Crippen molar-refractivity contribution in [1.82, 2.24) is 24.9 Å². The maximum atomic E-state index is 12.7. The largest absolute Gasteiger partial charge is 0.339 e. The summed E-state index contributed by atoms with van der Waals surface area (Å²) in [6, 6.07) is 2.01. The Hall–Kier alpha value is -1.89. The van der Waals surface area contributed by atoms with Gasteiger partial charge in [0.15, 0.2) is 0 Å². The van der Waals surface area contributed by atoms with Crippen molar-refractivity contribution in [3.05, 3.63) is 17.5 Å². The number of hydrogen-bond donors (Lipinski definition) is 1. The van der Waals surface area contributed by atoms with Gasteiger partial charge in [-0.25, -0.2) is 0 Å². The van der Waals surface area contributed by atoms with Crippen LogP contribution < -0.4 is 0 Å². The minimum atomic E-state index is -0.0298. The summed E-state index contributed by atoms with van der Waals surface area (Å²) in [5.41, 5.74) is 1.36. The summed E-state index contributed by atoms with van der Waals surface area (Å²) in [5, 5.41) is 6.86. The van der Waals surface area contributed by atoms with Gasteiger partial charge in [0.2, 0.25) is 5.91 Å². The number of carbonyl (C=O) groups excluding carboxylic acids is 2. The maximum Gasteiger partial charge on any atom is 0.274 e. The van der Waals surface area contributed by atoms with Crippen LogP contribution in [0, 0.1) is 6.92 Å². The number of carbonyl (C=O) groups is 2. The van der Waals surface area contributed by atoms with E-state index in [1.165, 1.54) is 0 Å². The fraction of sp³-hybridized carbons (Fsp3) is 0.706. The summed E-state index contributed by atoms with van der Waals surface area (Å²) >= 11 is 0. The molecule has 0 aromatic carbocycles. The third kappa shape index (κ3) is 3.31. The Bertz CT molecular complexity index is 604. The molecule has 1 aromatic heterocycles. The number of aromatic nitrogens is 2. The molecule has 2 aliphatic rings. The maximum absolute atomic E-state index is 12.7. The first kappa shape index (κ1) is 17.0. The molecule has 1 N–H and O–H groups in total. The molecule has 0 saturated carbocycles. The smallest absolute Gasteiger partial charge is 0.274 e. The fourth-order valence-corrected chi connectivity index (χ4v) is 3.66. The number of amides is 2. The molecule has 2 aliphatic heterocycles. The molecule has 3 rings (SSSR count). The average Bonchev–Trinajstić information content (AvgIpc) is 3.01. The molecule has 0 spiro atoms. The number of rotatable bonds is 3. The molecular formula is C17H27N5O2. The second-order valence-electron chi connectivity index (χ2n) is 7.05. The Kier molecular flexibility index (Phi) is 4.89. The summed E-state index contributed by atoms with van der Waals surface area (Å²) in [6.45, 7) is 9.69. The van der Waals surface area contributed by atoms with Crippen LogP contribution >= 0.6 is 0 Å². The summed E-state index contributed by atoms with van der Waals surface area (Å²) in [5.74, 6) is 0.219. The lowest BCUT2D eigenvalue weighted by molar-refractivity contribution is -0.142. The minimum absolute atomic E-state index is 0.0222. The van der Waals surface area contributed by atoms with E-state index < -0.39 is 0 Å². The van der Waals surface area contributed by atoms with Crippen molar-refractivity contribution in [2.45, 2.75) is 45.7 Å². The van der Waals surface area contributed by atoms with E-state index in [0.717, 1.165) is 38.2 Å². The average molecular weight is 333 g/mol. The zero-order valence-electron chi connectivity index (χ0n) is 14.8. The molecular weight excluding hydrogens is 306 g/mol. The lowest BCUT2D eigenvalue weighted by Gasteiger charge is -2.43. The summed E-state index contributed by atoms with van der Waals surface area (Å²) in [6.07, 6.45) is 1.98. The summed E-state index contributed by atoms with van der Waals surface area (Å²) < 4.78 is 0. The van der Waals surface area contributed by atoms with Crippen LogP contribution in [0.3, 0.4) is 0 Å². The number of hydrogen-bond acceptors (Lipinski definition) is 4. The van der Waals surface area contributed by atoms with Crippen molar-refractivity contribution in [1.29, 1.82) is 0 Å². The number of nitrogens with zero attached hydrogens (tertiary/aromatic N) is 4. The minimum Gasteiger partial charge on any atom is -0.339 e. The fourth-order valence-electron chi connectivity index (χ4n) is 3.66. The van der Waals surface area contributed by atoms with Gasteiger partial charge in [-0.3, -0.25) is 19.6 Å². The summed E-state index contributed by atoms with van der Waals surface area (Å²) in [7, 11) is 0. The number of aryl methyl sites for hydroxylation is 1. The Morgan fingerprint density at radius 2 is 1.96 bits per heavy atom. The van der Waals surface area contributed by atoms with Crippen LogP contribution in [-0.4, -0.2) is 81.5 Å². The van der Waals surface area contributed by atoms with Crippen molar-refractivity contribution in [3.63, 3.8) is 0 Å². The number of likely N-dealkylation sites (tertiary alicyclic amines) is 1. The van der Waals surface area contributed by atoms with Gasteiger partial charge >= 0.3 is 0 Å². The van der Waals surface area contributed by atoms with Gasteiger partial charge in [0.25, 0.3) is 5.91 Å². The Balaban J connectivity index is 1.58. The second kappa shape index (κ2) is 6.93. The Morgan fingerprint density at radius 1 is 1.25 bits per heavy atom. The van der Waals surface area contributed by atoms with Crippen molar-refractivity contribution >= 4 is 11.8 Å². The van der Waals surface area contributed by atoms with Gasteiger partial charge in [0.05, 0.1) is 6.04 Å². The van der Waals surface area contributed by atoms with Crippen molar-refractivity contribution in [2.24, 2.45) is 0 Å². The second-order valence-corrected chi connectivity index (χ2v) is 7.05. The lowest BCUT2D eigenvalue weighted by Crippen LogP contribution is -2.59. The molecule has 1 atom stereocenters. The van der Waals surface area contributed by atoms with E-state index in [1.54, 1.807) is 6.07 Å². The van der Waals surface area contributed by atoms with Gasteiger partial charge in [0.1, 0.15) is 5.69 Å². The van der Waals surface area contributed by atoms with Crippen molar-refractivity contribution in [3.8, 4) is 0 Å². The van der Waals surface area contributed by atoms with Gasteiger partial charge in [-0.05, 0) is 39.7 Å². The SMILES string of the molecule is Cc1cc(C(=O)N2CCN([C@H]3CCCN(C(C)C)C3=O)CC2)n[nH]1. The number of piperidine rings is 1. The van der Waals surface area contributed by atoms with E-state index in [-0.39, 0.29) is 23.9 Å². The number of H-pyrrole nitrogens is 1. The highest BCUT2D eigenvalue weighted by Gasteiger charge is 2.36. The van der Waals surface area contributed by atoms with Crippen molar-refractivity contribution in [2.75, 3.05) is 32.7 Å². The van der Waals surface area contributed by atoms with Crippen LogP contribution in [0.5, 0.6) is 0 Å². The highest BCUT2D eigenvalue weighted by molar-refractivity contribution is 5.92. The molecule has 0 radical (unpaired) electrons. The summed E-state index contributed by atoms with van der Waals surface area (Å²) in [4.78, 5) is 31.2. The third-order valence-electron chi connectivity index (χ3n) is 5.04. The molecule has 7 heteroatoms. The van der Waals surface area contributed by atoms with Crippen LogP contribution in [0.2, 0.25) is 0 Å². The van der Waals surface area contributed by atoms with Crippen LogP contribution in [0.1, 0.15) is 42.9 Å². The van der Waals surface area contributed by atoms with Crippen LogP contribution in [0.4, 0.5) is 0 Å². The zero-order valence-corrected chi connectivity index (χ0v) is 14.8. The third-order valence-corrected chi connectivity index (χ3v) is 5.04. The molecule has 0 unspecified atom stereocenters. The van der Waals surface area contributed by atoms with Gasteiger partial charge in [-0.1, -0.05) is 0 Å². The predicted octanol–water partition coefficient (Wildman–Crippen LogP) is 0.875. The normalized spacial score (nSPS) is 23.2. The Labute approximate surface area is 143 Å². The highest BCUT2D eigenvalue weighted by Crippen LogP contribution is 2.21. The first-order chi connectivity index (χ1) is 11.5. The lowest BCUT2D eigenvalue weighted by atomic mass is 10.0. The zero-order chi connectivity index (χ0) is 17.3. The monoisotopic (exact) mass is 333 g/mol. The molecule has 2 saturated heterocycles. The van der Waals surface area contributed by atoms with Gasteiger partial charge in [-0.2, -0.15) is 5.10 Å². The molecule has 2 amide bonds. The molecule has 0 bridgehead atoms. The van der Waals surface area contributed by atoms with Gasteiger partial charge in [0, 0.05) is 44.5 Å². The number of aromatic amines is 1. The van der Waals surface area contributed by atoms with E-state index in [4.69, 9.17) is 0 Å². The van der Waals surface area contributed by atoms with E-state index >= 15 is 0 Å². The molecule has 24 heavy (non-hydrogen) atoms. The van der Waals surface area contributed by atoms with E-state index in [1.807, 2.05) is 16.7 Å². The van der Waals surface area contributed by atoms with Gasteiger partial charge in [-0.15, -0.1) is 0 Å². The van der Waals surface area contributed by atoms with Gasteiger partial charge < -0.3 is 9.80 Å². The van der Waals surface area contributed by atoms with E-state index in [9.17, 15) is 9.59 Å². The molecule has 3 heterocycles. The Morgan fingerprint density at radius 3 is 2.54 bits per heavy atom. The van der Waals surface area contributed by atoms with Crippen LogP contribution in [0.25, 0.3) is 0 Å². The topological polar surface area (TPSA) is 72.5 Å². The number of piperazine rings is 1. The van der Waals surface area contributed by atoms with E-state index in [2.05, 4.69) is 28.9 Å². The molecule has 7 nitrogen and oxygen atoms in total. The molecule has 132 valence electrons. The van der Waals surface area contributed by atoms with Crippen LogP contribution in [0.15, 0.2) is 6.07 Å². The molecule has 0 aliphatic carbocycles. The standard InChI is InChI=1S/C17H27N5O2/c1-12(2)22-6-4-5-15(17(22)24)20-7-9-21(10-8-20)16(23)14-11-13(3)18-19-14/h11-12,15H,4-10H2,1-3H3,(H,18,19)/t15-/m0/s1. The first-order valence-corrected chi connectivity index (χ1v) is 8.83. The van der Waals surface area contributed by atoms with E-state index in [0.29, 0.717) is 18.8 Å².